The highest BCUT2D eigenvalue weighted by Gasteiger charge is 2.84. The monoisotopic (exact) mass is 437 g/mol. The molecule has 11 heteroatoms. The predicted octanol–water partition coefficient (Wildman–Crippen LogP) is 0.818. The number of nitrogens with zero attached hydrogens (tertiary/aromatic N) is 4. The number of aliphatic hydroxyl groups is 2. The number of ether oxygens (including phenoxy) is 3. The molecule has 2 aromatic heterocycles. The van der Waals surface area contributed by atoms with Crippen LogP contribution in [0.5, 0.6) is 0 Å². The lowest BCUT2D eigenvalue weighted by atomic mass is 9.90. The van der Waals surface area contributed by atoms with E-state index in [2.05, 4.69) is 10.1 Å². The average molecular weight is 437 g/mol. The van der Waals surface area contributed by atoms with Gasteiger partial charge in [-0.3, -0.25) is 0 Å². The van der Waals surface area contributed by atoms with Crippen molar-refractivity contribution in [3.05, 3.63) is 60.0 Å². The Labute approximate surface area is 181 Å². The summed E-state index contributed by atoms with van der Waals surface area (Å²) < 4.78 is 17.5. The van der Waals surface area contributed by atoms with Gasteiger partial charge in [0.2, 0.25) is 5.60 Å². The first-order valence-corrected chi connectivity index (χ1v) is 9.83. The van der Waals surface area contributed by atoms with Crippen LogP contribution in [0.2, 0.25) is 0 Å². The van der Waals surface area contributed by atoms with Gasteiger partial charge in [-0.25, -0.2) is 14.3 Å². The van der Waals surface area contributed by atoms with E-state index in [0.29, 0.717) is 5.52 Å². The molecule has 6 atom stereocenters. The number of nitriles is 1. The topological polar surface area (TPSA) is 165 Å². The van der Waals surface area contributed by atoms with Crippen molar-refractivity contribution < 1.29 is 29.2 Å². The van der Waals surface area contributed by atoms with Crippen LogP contribution in [-0.2, 0) is 19.8 Å². The van der Waals surface area contributed by atoms with Crippen LogP contribution >= 0.6 is 0 Å². The fraction of sp³-hybridized carbons (Fsp3) is 0.333. The first kappa shape index (κ1) is 20.2. The molecule has 1 aromatic carbocycles. The molecule has 1 aliphatic carbocycles. The lowest BCUT2D eigenvalue weighted by Gasteiger charge is -2.29. The van der Waals surface area contributed by atoms with Gasteiger partial charge in [-0.15, -0.1) is 0 Å². The van der Waals surface area contributed by atoms with Crippen LogP contribution in [0.1, 0.15) is 24.3 Å². The maximum absolute atomic E-state index is 12.2. The third-order valence-electron chi connectivity index (χ3n) is 6.01. The van der Waals surface area contributed by atoms with E-state index in [1.54, 1.807) is 25.1 Å². The van der Waals surface area contributed by atoms with Crippen molar-refractivity contribution in [3.63, 3.8) is 0 Å². The standard InChI is InChI=1S/C21H19N5O6/c1-11(12-5-3-2-4-6-12)30-19(28)31-15-16-21(15,29)18(27)20(9-22,32-16)14-8-7-13-17(23)24-10-25-26(13)14/h2-8,10-11,15-16,18,27,29H,1H3,(H2,23,24,25)/t11-,15?,16+,18-,20-,21+/m0/s1. The second kappa shape index (κ2) is 6.89. The smallest absolute Gasteiger partial charge is 0.426 e. The maximum Gasteiger partial charge on any atom is 0.509 e. The van der Waals surface area contributed by atoms with Gasteiger partial charge in [-0.05, 0) is 24.6 Å². The minimum absolute atomic E-state index is 0.163. The molecule has 164 valence electrons. The Morgan fingerprint density at radius 1 is 1.34 bits per heavy atom. The Balaban J connectivity index is 1.34. The van der Waals surface area contributed by atoms with Gasteiger partial charge in [0, 0.05) is 0 Å². The molecular weight excluding hydrogens is 418 g/mol. The van der Waals surface area contributed by atoms with E-state index >= 15 is 0 Å². The van der Waals surface area contributed by atoms with Crippen molar-refractivity contribution in [2.45, 2.75) is 42.5 Å². The van der Waals surface area contributed by atoms with E-state index in [1.807, 2.05) is 24.3 Å². The molecular formula is C21H19N5O6. The normalized spacial score (nSPS) is 31.5. The lowest BCUT2D eigenvalue weighted by Crippen LogP contribution is -2.47. The van der Waals surface area contributed by atoms with E-state index in [4.69, 9.17) is 19.9 Å². The molecule has 1 saturated carbocycles. The number of anilines is 1. The van der Waals surface area contributed by atoms with Gasteiger partial charge in [0.25, 0.3) is 0 Å². The highest BCUT2D eigenvalue weighted by Crippen LogP contribution is 2.59. The molecule has 3 heterocycles. The van der Waals surface area contributed by atoms with E-state index in [9.17, 15) is 20.3 Å². The fourth-order valence-electron chi connectivity index (χ4n) is 4.19. The molecule has 0 radical (unpaired) electrons. The number of hydrogen-bond acceptors (Lipinski definition) is 10. The van der Waals surface area contributed by atoms with Crippen LogP contribution in [-0.4, -0.2) is 54.9 Å². The van der Waals surface area contributed by atoms with Gasteiger partial charge in [0.05, 0.1) is 5.69 Å². The molecule has 2 fully saturated rings. The summed E-state index contributed by atoms with van der Waals surface area (Å²) in [6, 6.07) is 14.1. The molecule has 1 unspecified atom stereocenters. The summed E-state index contributed by atoms with van der Waals surface area (Å²) in [6.07, 6.45) is -4.46. The Kier molecular flexibility index (Phi) is 4.35. The number of benzene rings is 1. The number of fused-ring (bicyclic) bond motifs is 2. The summed E-state index contributed by atoms with van der Waals surface area (Å²) >= 11 is 0. The third kappa shape index (κ3) is 2.67. The van der Waals surface area contributed by atoms with Crippen molar-refractivity contribution in [2.24, 2.45) is 0 Å². The van der Waals surface area contributed by atoms with E-state index in [1.165, 1.54) is 16.9 Å². The lowest BCUT2D eigenvalue weighted by molar-refractivity contribution is -0.115. The molecule has 0 bridgehead atoms. The minimum Gasteiger partial charge on any atom is -0.426 e. The number of nitrogen functional groups attached to an aromatic ring is 1. The van der Waals surface area contributed by atoms with Crippen molar-refractivity contribution in [3.8, 4) is 6.07 Å². The first-order valence-electron chi connectivity index (χ1n) is 9.83. The van der Waals surface area contributed by atoms with Crippen molar-refractivity contribution >= 4 is 17.5 Å². The molecule has 4 N–H and O–H groups in total. The Morgan fingerprint density at radius 3 is 2.75 bits per heavy atom. The summed E-state index contributed by atoms with van der Waals surface area (Å²) in [5.74, 6) is 0.173. The largest absolute Gasteiger partial charge is 0.509 e. The fourth-order valence-corrected chi connectivity index (χ4v) is 4.19. The zero-order valence-electron chi connectivity index (χ0n) is 16.8. The SMILES string of the molecule is C[C@H](OC(=O)OC1[C@H]2O[C@@](C#N)(c3ccc4c(N)ncnn34)[C@H](O)[C@@]12O)c1ccccc1. The number of aliphatic hydroxyl groups excluding tert-OH is 1. The molecule has 3 aromatic rings. The highest BCUT2D eigenvalue weighted by molar-refractivity contribution is 5.66. The van der Waals surface area contributed by atoms with Gasteiger partial charge in [-0.1, -0.05) is 30.3 Å². The summed E-state index contributed by atoms with van der Waals surface area (Å²) in [7, 11) is 0. The van der Waals surface area contributed by atoms with Gasteiger partial charge in [0.1, 0.15) is 36.2 Å². The third-order valence-corrected chi connectivity index (χ3v) is 6.01. The maximum atomic E-state index is 12.2. The summed E-state index contributed by atoms with van der Waals surface area (Å²) in [5.41, 5.74) is 3.24. The molecule has 32 heavy (non-hydrogen) atoms. The second-order valence-electron chi connectivity index (χ2n) is 7.80. The number of rotatable bonds is 4. The average Bonchev–Trinajstić information content (AvgIpc) is 3.07. The van der Waals surface area contributed by atoms with Crippen LogP contribution in [0, 0.1) is 11.3 Å². The van der Waals surface area contributed by atoms with E-state index in [0.717, 1.165) is 5.56 Å². The summed E-state index contributed by atoms with van der Waals surface area (Å²) in [6.45, 7) is 1.68. The van der Waals surface area contributed by atoms with Crippen molar-refractivity contribution in [1.29, 1.82) is 5.26 Å². The van der Waals surface area contributed by atoms with Gasteiger partial charge < -0.3 is 30.2 Å². The molecule has 5 rings (SSSR count). The quantitative estimate of drug-likeness (QED) is 0.497. The molecule has 1 saturated heterocycles. The van der Waals surface area contributed by atoms with E-state index < -0.39 is 41.8 Å². The number of hydrogen-bond donors (Lipinski definition) is 3. The number of carbonyl (C=O) groups excluding carboxylic acids is 1. The van der Waals surface area contributed by atoms with Crippen LogP contribution in [0.25, 0.3) is 5.52 Å². The highest BCUT2D eigenvalue weighted by atomic mass is 16.8. The molecule has 0 amide bonds. The van der Waals surface area contributed by atoms with Gasteiger partial charge in [-0.2, -0.15) is 10.4 Å². The van der Waals surface area contributed by atoms with Crippen molar-refractivity contribution in [1.82, 2.24) is 14.6 Å². The molecule has 0 spiro atoms. The zero-order chi connectivity index (χ0) is 22.7. The summed E-state index contributed by atoms with van der Waals surface area (Å²) in [4.78, 5) is 16.1. The first-order chi connectivity index (χ1) is 15.3. The zero-order valence-corrected chi connectivity index (χ0v) is 16.8. The number of aromatic nitrogens is 3. The number of carbonyl (C=O) groups is 1. The Bertz CT molecular complexity index is 1240. The van der Waals surface area contributed by atoms with Crippen LogP contribution in [0.4, 0.5) is 10.6 Å². The predicted molar refractivity (Wildman–Crippen MR) is 107 cm³/mol. The van der Waals surface area contributed by atoms with E-state index in [-0.39, 0.29) is 11.5 Å². The van der Waals surface area contributed by atoms with Crippen LogP contribution < -0.4 is 5.73 Å². The molecule has 11 nitrogen and oxygen atoms in total. The van der Waals surface area contributed by atoms with Crippen LogP contribution in [0.15, 0.2) is 48.8 Å². The summed E-state index contributed by atoms with van der Waals surface area (Å²) in [5, 5.41) is 35.8. The van der Waals surface area contributed by atoms with Crippen molar-refractivity contribution in [2.75, 3.05) is 5.73 Å². The second-order valence-corrected chi connectivity index (χ2v) is 7.80. The Hall–Kier alpha value is -3.72. The van der Waals surface area contributed by atoms with Gasteiger partial charge >= 0.3 is 6.16 Å². The van der Waals surface area contributed by atoms with Gasteiger partial charge in [0.15, 0.2) is 17.5 Å². The molecule has 1 aliphatic heterocycles. The number of nitrogens with two attached hydrogens (primary N) is 1. The molecule has 2 aliphatic rings. The minimum atomic E-state index is -1.98. The Morgan fingerprint density at radius 2 is 2.09 bits per heavy atom. The van der Waals surface area contributed by atoms with Crippen LogP contribution in [0.3, 0.4) is 0 Å².